The Balaban J connectivity index is 2.60. The summed E-state index contributed by atoms with van der Waals surface area (Å²) >= 11 is 5.76. The van der Waals surface area contributed by atoms with Crippen LogP contribution < -0.4 is 0 Å². The van der Waals surface area contributed by atoms with Crippen LogP contribution in [0.15, 0.2) is 30.8 Å². The van der Waals surface area contributed by atoms with Crippen LogP contribution in [0.1, 0.15) is 18.9 Å². The molecule has 0 fully saturated rings. The van der Waals surface area contributed by atoms with Crippen molar-refractivity contribution in [2.24, 2.45) is 0 Å². The Morgan fingerprint density at radius 2 is 2.06 bits per heavy atom. The van der Waals surface area contributed by atoms with Crippen molar-refractivity contribution in [1.82, 2.24) is 0 Å². The molecule has 0 spiro atoms. The summed E-state index contributed by atoms with van der Waals surface area (Å²) in [6.07, 6.45) is -1.02. The fourth-order valence-corrected chi connectivity index (χ4v) is 1.48. The number of halogens is 1. The molecule has 1 aromatic rings. The molecule has 1 atom stereocenters. The van der Waals surface area contributed by atoms with E-state index in [0.29, 0.717) is 10.6 Å². The van der Waals surface area contributed by atoms with Crippen LogP contribution in [0.5, 0.6) is 0 Å². The number of carbonyl (C=O) groups is 1. The van der Waals surface area contributed by atoms with Crippen LogP contribution >= 0.6 is 11.6 Å². The van der Waals surface area contributed by atoms with Gasteiger partial charge in [-0.25, -0.2) is 4.79 Å². The molecule has 0 aromatic heterocycles. The molecule has 0 saturated heterocycles. The van der Waals surface area contributed by atoms with Gasteiger partial charge in [0.15, 0.2) is 6.10 Å². The van der Waals surface area contributed by atoms with E-state index in [4.69, 9.17) is 16.3 Å². The molecule has 1 rings (SSSR count). The second-order valence-corrected chi connectivity index (χ2v) is 4.02. The van der Waals surface area contributed by atoms with Gasteiger partial charge in [-0.1, -0.05) is 30.3 Å². The van der Waals surface area contributed by atoms with Crippen LogP contribution in [0.3, 0.4) is 0 Å². The largest absolute Gasteiger partial charge is 0.464 e. The first kappa shape index (κ1) is 13.7. The van der Waals surface area contributed by atoms with Crippen molar-refractivity contribution in [3.05, 3.63) is 41.4 Å². The quantitative estimate of drug-likeness (QED) is 0.822. The monoisotopic (exact) mass is 254 g/mol. The maximum Gasteiger partial charge on any atom is 0.335 e. The van der Waals surface area contributed by atoms with Gasteiger partial charge in [-0.15, -0.1) is 0 Å². The zero-order chi connectivity index (χ0) is 12.8. The topological polar surface area (TPSA) is 46.5 Å². The normalized spacial score (nSPS) is 11.9. The lowest BCUT2D eigenvalue weighted by molar-refractivity contribution is -0.152. The van der Waals surface area contributed by atoms with Crippen LogP contribution in [-0.2, 0) is 9.53 Å². The summed E-state index contributed by atoms with van der Waals surface area (Å²) in [4.78, 5) is 11.2. The van der Waals surface area contributed by atoms with Crippen LogP contribution in [0.2, 0.25) is 5.02 Å². The number of ether oxygens (including phenoxy) is 1. The summed E-state index contributed by atoms with van der Waals surface area (Å²) in [6, 6.07) is 7.06. The highest BCUT2D eigenvalue weighted by atomic mass is 35.5. The minimum absolute atomic E-state index is 0.153. The molecule has 0 bridgehead atoms. The average molecular weight is 255 g/mol. The molecule has 0 aliphatic heterocycles. The van der Waals surface area contributed by atoms with E-state index >= 15 is 0 Å². The van der Waals surface area contributed by atoms with E-state index in [1.165, 1.54) is 0 Å². The summed E-state index contributed by atoms with van der Waals surface area (Å²) < 4.78 is 4.71. The molecule has 0 aliphatic rings. The first-order valence-electron chi connectivity index (χ1n) is 5.33. The van der Waals surface area contributed by atoms with Crippen LogP contribution in [-0.4, -0.2) is 23.8 Å². The van der Waals surface area contributed by atoms with Gasteiger partial charge in [-0.2, -0.15) is 0 Å². The van der Waals surface area contributed by atoms with E-state index in [2.05, 4.69) is 6.58 Å². The number of esters is 1. The number of aliphatic hydroxyl groups is 1. The van der Waals surface area contributed by atoms with E-state index in [-0.39, 0.29) is 13.0 Å². The average Bonchev–Trinajstić information content (AvgIpc) is 2.30. The molecule has 92 valence electrons. The number of aliphatic hydroxyl groups excluding tert-OH is 1. The van der Waals surface area contributed by atoms with Crippen molar-refractivity contribution in [1.29, 1.82) is 0 Å². The Morgan fingerprint density at radius 3 is 2.59 bits per heavy atom. The lowest BCUT2D eigenvalue weighted by Gasteiger charge is -2.11. The van der Waals surface area contributed by atoms with Gasteiger partial charge in [0.05, 0.1) is 6.61 Å². The number of hydrogen-bond acceptors (Lipinski definition) is 3. The van der Waals surface area contributed by atoms with E-state index < -0.39 is 12.1 Å². The SMILES string of the molecule is C=C(CC(O)C(=O)OCC)c1ccc(Cl)cc1. The highest BCUT2D eigenvalue weighted by molar-refractivity contribution is 6.30. The van der Waals surface area contributed by atoms with Gasteiger partial charge >= 0.3 is 5.97 Å². The molecule has 0 saturated carbocycles. The maximum atomic E-state index is 11.2. The number of benzene rings is 1. The van der Waals surface area contributed by atoms with Gasteiger partial charge in [0, 0.05) is 11.4 Å². The predicted molar refractivity (Wildman–Crippen MR) is 67.7 cm³/mol. The lowest BCUT2D eigenvalue weighted by Crippen LogP contribution is -2.23. The molecule has 0 radical (unpaired) electrons. The molecule has 3 nitrogen and oxygen atoms in total. The van der Waals surface area contributed by atoms with Gasteiger partial charge in [-0.05, 0) is 30.2 Å². The van der Waals surface area contributed by atoms with Crippen molar-refractivity contribution >= 4 is 23.1 Å². The zero-order valence-electron chi connectivity index (χ0n) is 9.65. The maximum absolute atomic E-state index is 11.2. The second kappa shape index (κ2) is 6.42. The smallest absolute Gasteiger partial charge is 0.335 e. The summed E-state index contributed by atoms with van der Waals surface area (Å²) in [5, 5.41) is 10.2. The van der Waals surface area contributed by atoms with Crippen LogP contribution in [0.4, 0.5) is 0 Å². The Labute approximate surface area is 106 Å². The van der Waals surface area contributed by atoms with Crippen LogP contribution in [0, 0.1) is 0 Å². The standard InChI is InChI=1S/C13H15ClO3/c1-3-17-13(16)12(15)8-9(2)10-4-6-11(14)7-5-10/h4-7,12,15H,2-3,8H2,1H3. The first-order valence-corrected chi connectivity index (χ1v) is 5.70. The third kappa shape index (κ3) is 4.21. The summed E-state index contributed by atoms with van der Waals surface area (Å²) in [5.41, 5.74) is 1.51. The Hall–Kier alpha value is -1.32. The molecule has 17 heavy (non-hydrogen) atoms. The van der Waals surface area contributed by atoms with Crippen molar-refractivity contribution in [3.8, 4) is 0 Å². The first-order chi connectivity index (χ1) is 8.04. The van der Waals surface area contributed by atoms with Gasteiger partial charge in [0.2, 0.25) is 0 Å². The van der Waals surface area contributed by atoms with E-state index in [1.807, 2.05) is 0 Å². The molecular formula is C13H15ClO3. The highest BCUT2D eigenvalue weighted by Crippen LogP contribution is 2.20. The summed E-state index contributed by atoms with van der Waals surface area (Å²) in [7, 11) is 0. The van der Waals surface area contributed by atoms with E-state index in [0.717, 1.165) is 5.56 Å². The summed E-state index contributed by atoms with van der Waals surface area (Å²) in [6.45, 7) is 5.77. The van der Waals surface area contributed by atoms with Gasteiger partial charge in [0.25, 0.3) is 0 Å². The predicted octanol–water partition coefficient (Wildman–Crippen LogP) is 2.67. The van der Waals surface area contributed by atoms with Gasteiger partial charge < -0.3 is 9.84 Å². The molecule has 4 heteroatoms. The van der Waals surface area contributed by atoms with Gasteiger partial charge in [-0.3, -0.25) is 0 Å². The number of hydrogen-bond donors (Lipinski definition) is 1. The molecule has 1 aromatic carbocycles. The van der Waals surface area contributed by atoms with Crippen molar-refractivity contribution in [2.45, 2.75) is 19.4 Å². The molecule has 0 aliphatic carbocycles. The summed E-state index contributed by atoms with van der Waals surface area (Å²) in [5.74, 6) is -0.623. The third-order valence-electron chi connectivity index (χ3n) is 2.25. The fraction of sp³-hybridized carbons (Fsp3) is 0.308. The van der Waals surface area contributed by atoms with E-state index in [9.17, 15) is 9.90 Å². The molecule has 0 heterocycles. The molecule has 1 unspecified atom stereocenters. The molecule has 1 N–H and O–H groups in total. The second-order valence-electron chi connectivity index (χ2n) is 3.58. The molecule has 0 amide bonds. The minimum atomic E-state index is -1.17. The Kier molecular flexibility index (Phi) is 5.19. The minimum Gasteiger partial charge on any atom is -0.464 e. The van der Waals surface area contributed by atoms with E-state index in [1.54, 1.807) is 31.2 Å². The highest BCUT2D eigenvalue weighted by Gasteiger charge is 2.17. The third-order valence-corrected chi connectivity index (χ3v) is 2.50. The number of carbonyl (C=O) groups excluding carboxylic acids is 1. The van der Waals surface area contributed by atoms with Crippen LogP contribution in [0.25, 0.3) is 5.57 Å². The van der Waals surface area contributed by atoms with Crippen molar-refractivity contribution in [2.75, 3.05) is 6.61 Å². The van der Waals surface area contributed by atoms with Crippen molar-refractivity contribution < 1.29 is 14.6 Å². The van der Waals surface area contributed by atoms with Gasteiger partial charge in [0.1, 0.15) is 0 Å². The Bertz CT molecular complexity index is 398. The molecular weight excluding hydrogens is 240 g/mol. The lowest BCUT2D eigenvalue weighted by atomic mass is 10.0. The number of rotatable bonds is 5. The zero-order valence-corrected chi connectivity index (χ0v) is 10.4. The Morgan fingerprint density at radius 1 is 1.47 bits per heavy atom. The fourth-order valence-electron chi connectivity index (χ4n) is 1.36. The van der Waals surface area contributed by atoms with Crippen molar-refractivity contribution in [3.63, 3.8) is 0 Å².